The molecule has 1 aromatic rings. The maximum absolute atomic E-state index is 11.6. The van der Waals surface area contributed by atoms with Crippen molar-refractivity contribution in [1.29, 1.82) is 0 Å². The molecule has 0 aliphatic rings. The lowest BCUT2D eigenvalue weighted by Crippen LogP contribution is -2.39. The van der Waals surface area contributed by atoms with E-state index < -0.39 is 23.8 Å². The number of carbonyl (C=O) groups is 3. The van der Waals surface area contributed by atoms with Crippen LogP contribution in [0.1, 0.15) is 17.3 Å². The van der Waals surface area contributed by atoms with E-state index in [0.29, 0.717) is 5.69 Å². The van der Waals surface area contributed by atoms with E-state index in [4.69, 9.17) is 10.8 Å². The molecule has 0 aliphatic carbocycles. The molecule has 0 bridgehead atoms. The van der Waals surface area contributed by atoms with Gasteiger partial charge >= 0.3 is 5.97 Å². The molecule has 1 rings (SSSR count). The predicted molar refractivity (Wildman–Crippen MR) is 68.7 cm³/mol. The van der Waals surface area contributed by atoms with Crippen LogP contribution >= 0.6 is 0 Å². The van der Waals surface area contributed by atoms with E-state index >= 15 is 0 Å². The minimum Gasteiger partial charge on any atom is -0.480 e. The van der Waals surface area contributed by atoms with Crippen LogP contribution in [0.15, 0.2) is 24.3 Å². The molecule has 0 spiro atoms. The molecule has 0 heterocycles. The maximum Gasteiger partial charge on any atom is 0.320 e. The van der Waals surface area contributed by atoms with E-state index in [1.54, 1.807) is 18.2 Å². The highest BCUT2D eigenvalue weighted by atomic mass is 16.4. The summed E-state index contributed by atoms with van der Waals surface area (Å²) in [4.78, 5) is 33.3. The summed E-state index contributed by atoms with van der Waals surface area (Å²) < 4.78 is 0. The summed E-state index contributed by atoms with van der Waals surface area (Å²) in [5.74, 6) is -2.16. The normalized spacial score (nSPS) is 11.6. The summed E-state index contributed by atoms with van der Waals surface area (Å²) in [5, 5.41) is 13.7. The lowest BCUT2D eigenvalue weighted by Gasteiger charge is -2.11. The molecule has 7 nitrogen and oxygen atoms in total. The van der Waals surface area contributed by atoms with Crippen LogP contribution in [0.3, 0.4) is 0 Å². The number of para-hydroxylation sites is 1. The van der Waals surface area contributed by atoms with Crippen LogP contribution in [-0.2, 0) is 9.59 Å². The first-order chi connectivity index (χ1) is 8.91. The number of aliphatic carboxylic acids is 1. The summed E-state index contributed by atoms with van der Waals surface area (Å²) in [6.07, 6.45) is 0. The fraction of sp³-hybridized carbons (Fsp3) is 0.250. The van der Waals surface area contributed by atoms with Gasteiger partial charge in [0.15, 0.2) is 0 Å². The second-order valence-corrected chi connectivity index (χ2v) is 3.90. The standard InChI is InChI=1S/C12H15N3O4/c1-7(12(18)19)14-6-10(16)15-9-5-3-2-4-8(9)11(13)17/h2-5,7,14H,6H2,1H3,(H2,13,17)(H,15,16)(H,18,19)/t7-/m1/s1. The number of carbonyl (C=O) groups excluding carboxylic acids is 2. The molecule has 0 aromatic heterocycles. The number of hydrogen-bond donors (Lipinski definition) is 4. The van der Waals surface area contributed by atoms with Gasteiger partial charge in [0.2, 0.25) is 5.91 Å². The van der Waals surface area contributed by atoms with Crippen LogP contribution in [0.5, 0.6) is 0 Å². The second kappa shape index (κ2) is 6.50. The molecule has 0 saturated heterocycles. The number of rotatable bonds is 6. The van der Waals surface area contributed by atoms with Gasteiger partial charge in [0.25, 0.3) is 5.91 Å². The number of benzene rings is 1. The number of nitrogens with one attached hydrogen (secondary N) is 2. The summed E-state index contributed by atoms with van der Waals surface area (Å²) in [6.45, 7) is 1.24. The number of nitrogens with two attached hydrogens (primary N) is 1. The molecule has 0 unspecified atom stereocenters. The fourth-order valence-corrected chi connectivity index (χ4v) is 1.33. The van der Waals surface area contributed by atoms with Gasteiger partial charge in [0, 0.05) is 0 Å². The van der Waals surface area contributed by atoms with Gasteiger partial charge in [-0.25, -0.2) is 0 Å². The lowest BCUT2D eigenvalue weighted by molar-refractivity contribution is -0.139. The van der Waals surface area contributed by atoms with E-state index in [1.165, 1.54) is 13.0 Å². The van der Waals surface area contributed by atoms with Crippen molar-refractivity contribution in [1.82, 2.24) is 5.32 Å². The first kappa shape index (κ1) is 14.7. The van der Waals surface area contributed by atoms with E-state index in [1.807, 2.05) is 0 Å². The third-order valence-corrected chi connectivity index (χ3v) is 2.41. The van der Waals surface area contributed by atoms with Crippen LogP contribution in [-0.4, -0.2) is 35.5 Å². The van der Waals surface area contributed by atoms with E-state index in [0.717, 1.165) is 0 Å². The van der Waals surface area contributed by atoms with Crippen molar-refractivity contribution in [3.05, 3.63) is 29.8 Å². The number of carboxylic acid groups (broad SMARTS) is 1. The molecule has 0 radical (unpaired) electrons. The van der Waals surface area contributed by atoms with Gasteiger partial charge in [0.1, 0.15) is 6.04 Å². The molecule has 7 heteroatoms. The molecule has 1 aromatic carbocycles. The molecular weight excluding hydrogens is 250 g/mol. The molecule has 5 N–H and O–H groups in total. The Bertz CT molecular complexity index is 502. The minimum absolute atomic E-state index is 0.180. The molecule has 0 saturated carbocycles. The Morgan fingerprint density at radius 2 is 1.95 bits per heavy atom. The van der Waals surface area contributed by atoms with Gasteiger partial charge in [-0.2, -0.15) is 0 Å². The van der Waals surface area contributed by atoms with E-state index in [-0.39, 0.29) is 12.1 Å². The van der Waals surface area contributed by atoms with Crippen LogP contribution in [0.25, 0.3) is 0 Å². The predicted octanol–water partition coefficient (Wildman–Crippen LogP) is -0.213. The smallest absolute Gasteiger partial charge is 0.320 e. The average Bonchev–Trinajstić information content (AvgIpc) is 2.36. The Morgan fingerprint density at radius 1 is 1.32 bits per heavy atom. The Balaban J connectivity index is 2.63. The number of amides is 2. The average molecular weight is 265 g/mol. The van der Waals surface area contributed by atoms with E-state index in [9.17, 15) is 14.4 Å². The Hall–Kier alpha value is -2.41. The SMILES string of the molecule is C[C@@H](NCC(=O)Nc1ccccc1C(N)=O)C(=O)O. The van der Waals surface area contributed by atoms with Gasteiger partial charge in [-0.1, -0.05) is 12.1 Å². The molecule has 2 amide bonds. The van der Waals surface area contributed by atoms with Crippen LogP contribution in [0.2, 0.25) is 0 Å². The minimum atomic E-state index is -1.05. The van der Waals surface area contributed by atoms with Crippen LogP contribution < -0.4 is 16.4 Å². The zero-order valence-electron chi connectivity index (χ0n) is 10.3. The van der Waals surface area contributed by atoms with E-state index in [2.05, 4.69) is 10.6 Å². The lowest BCUT2D eigenvalue weighted by atomic mass is 10.1. The summed E-state index contributed by atoms with van der Waals surface area (Å²) in [7, 11) is 0. The summed E-state index contributed by atoms with van der Waals surface area (Å²) >= 11 is 0. The largest absolute Gasteiger partial charge is 0.480 e. The van der Waals surface area contributed by atoms with Gasteiger partial charge in [-0.15, -0.1) is 0 Å². The first-order valence-corrected chi connectivity index (χ1v) is 5.56. The Labute approximate surface area is 109 Å². The molecule has 0 aliphatic heterocycles. The highest BCUT2D eigenvalue weighted by molar-refractivity contribution is 6.03. The van der Waals surface area contributed by atoms with Gasteiger partial charge in [-0.05, 0) is 19.1 Å². The van der Waals surface area contributed by atoms with Crippen molar-refractivity contribution in [2.45, 2.75) is 13.0 Å². The maximum atomic E-state index is 11.6. The number of carboxylic acids is 1. The van der Waals surface area contributed by atoms with Crippen LogP contribution in [0.4, 0.5) is 5.69 Å². The van der Waals surface area contributed by atoms with Crippen molar-refractivity contribution in [2.24, 2.45) is 5.73 Å². The van der Waals surface area contributed by atoms with Gasteiger partial charge < -0.3 is 16.2 Å². The van der Waals surface area contributed by atoms with Gasteiger partial charge in [0.05, 0.1) is 17.8 Å². The highest BCUT2D eigenvalue weighted by Crippen LogP contribution is 2.13. The van der Waals surface area contributed by atoms with Crippen molar-refractivity contribution in [3.63, 3.8) is 0 Å². The summed E-state index contributed by atoms with van der Waals surface area (Å²) in [6, 6.07) is 5.47. The number of primary amides is 1. The summed E-state index contributed by atoms with van der Waals surface area (Å²) in [5.41, 5.74) is 5.66. The Kier molecular flexibility index (Phi) is 5.01. The molecule has 1 atom stereocenters. The van der Waals surface area contributed by atoms with Crippen molar-refractivity contribution < 1.29 is 19.5 Å². The number of hydrogen-bond acceptors (Lipinski definition) is 4. The van der Waals surface area contributed by atoms with Crippen molar-refractivity contribution >= 4 is 23.5 Å². The zero-order chi connectivity index (χ0) is 14.4. The number of anilines is 1. The zero-order valence-corrected chi connectivity index (χ0v) is 10.3. The molecule has 19 heavy (non-hydrogen) atoms. The third kappa shape index (κ3) is 4.40. The first-order valence-electron chi connectivity index (χ1n) is 5.56. The Morgan fingerprint density at radius 3 is 2.53 bits per heavy atom. The monoisotopic (exact) mass is 265 g/mol. The van der Waals surface area contributed by atoms with Gasteiger partial charge in [-0.3, -0.25) is 19.7 Å². The second-order valence-electron chi connectivity index (χ2n) is 3.90. The topological polar surface area (TPSA) is 122 Å². The fourth-order valence-electron chi connectivity index (χ4n) is 1.33. The highest BCUT2D eigenvalue weighted by Gasteiger charge is 2.13. The van der Waals surface area contributed by atoms with Crippen LogP contribution in [0, 0.1) is 0 Å². The van der Waals surface area contributed by atoms with Crippen molar-refractivity contribution in [2.75, 3.05) is 11.9 Å². The quantitative estimate of drug-likeness (QED) is 0.567. The molecular formula is C12H15N3O4. The van der Waals surface area contributed by atoms with Crippen molar-refractivity contribution in [3.8, 4) is 0 Å². The molecule has 0 fully saturated rings. The molecule has 102 valence electrons. The third-order valence-electron chi connectivity index (χ3n) is 2.41.